The van der Waals surface area contributed by atoms with Gasteiger partial charge in [-0.1, -0.05) is 44.2 Å². The van der Waals surface area contributed by atoms with Gasteiger partial charge in [0.1, 0.15) is 0 Å². The minimum absolute atomic E-state index is 0.140. The first-order valence-corrected chi connectivity index (χ1v) is 8.26. The molecule has 1 fully saturated rings. The third kappa shape index (κ3) is 5.16. The maximum atomic E-state index is 11.9. The molecular weight excluding hydrogens is 270 g/mol. The van der Waals surface area contributed by atoms with Crippen molar-refractivity contribution in [2.24, 2.45) is 5.92 Å². The van der Waals surface area contributed by atoms with Crippen LogP contribution in [0.25, 0.3) is 0 Å². The fourth-order valence-electron chi connectivity index (χ4n) is 2.90. The molecule has 3 heteroatoms. The van der Waals surface area contributed by atoms with Crippen molar-refractivity contribution in [3.63, 3.8) is 0 Å². The molecule has 20 heavy (non-hydrogen) atoms. The lowest BCUT2D eigenvalue weighted by atomic mass is 9.86. The van der Waals surface area contributed by atoms with Crippen LogP contribution >= 0.6 is 11.6 Å². The molecule has 0 aliphatic heterocycles. The molecule has 1 N–H and O–H groups in total. The van der Waals surface area contributed by atoms with Crippen LogP contribution in [0.15, 0.2) is 24.3 Å². The highest BCUT2D eigenvalue weighted by Gasteiger charge is 2.14. The fraction of sp³-hybridized carbons (Fsp3) is 0.588. The summed E-state index contributed by atoms with van der Waals surface area (Å²) in [4.78, 5) is 11.9. The Bertz CT molecular complexity index is 410. The van der Waals surface area contributed by atoms with Crippen molar-refractivity contribution >= 4 is 23.2 Å². The summed E-state index contributed by atoms with van der Waals surface area (Å²) < 4.78 is 0. The molecule has 2 nitrogen and oxygen atoms in total. The van der Waals surface area contributed by atoms with Gasteiger partial charge in [0.2, 0.25) is 5.91 Å². The number of carbonyl (C=O) groups is 1. The average Bonchev–Trinajstić information content (AvgIpc) is 2.49. The second-order valence-corrected chi connectivity index (χ2v) is 6.10. The molecule has 0 spiro atoms. The Balaban J connectivity index is 1.73. The van der Waals surface area contributed by atoms with Crippen LogP contribution in [-0.2, 0) is 11.2 Å². The Labute approximate surface area is 126 Å². The van der Waals surface area contributed by atoms with E-state index in [2.05, 4.69) is 5.32 Å². The van der Waals surface area contributed by atoms with Crippen molar-refractivity contribution in [2.75, 3.05) is 11.2 Å². The molecule has 0 atom stereocenters. The smallest absolute Gasteiger partial charge is 0.224 e. The Kier molecular flexibility index (Phi) is 6.38. The van der Waals surface area contributed by atoms with Gasteiger partial charge < -0.3 is 5.32 Å². The van der Waals surface area contributed by atoms with Gasteiger partial charge in [0, 0.05) is 18.0 Å². The molecule has 0 saturated heterocycles. The number of aryl methyl sites for hydroxylation is 1. The van der Waals surface area contributed by atoms with Gasteiger partial charge in [0.25, 0.3) is 0 Å². The van der Waals surface area contributed by atoms with E-state index in [0.29, 0.717) is 12.3 Å². The molecule has 0 radical (unpaired) electrons. The summed E-state index contributed by atoms with van der Waals surface area (Å²) in [7, 11) is 0. The predicted octanol–water partition coefficient (Wildman–Crippen LogP) is 4.77. The first kappa shape index (κ1) is 15.4. The van der Waals surface area contributed by atoms with Crippen molar-refractivity contribution in [1.82, 2.24) is 0 Å². The number of carbonyl (C=O) groups excluding carboxylic acids is 1. The van der Waals surface area contributed by atoms with Gasteiger partial charge in [-0.25, -0.2) is 0 Å². The number of hydrogen-bond donors (Lipinski definition) is 1. The lowest BCUT2D eigenvalue weighted by molar-refractivity contribution is -0.116. The van der Waals surface area contributed by atoms with Crippen LogP contribution < -0.4 is 5.32 Å². The van der Waals surface area contributed by atoms with Gasteiger partial charge in [0.05, 0.1) is 0 Å². The summed E-state index contributed by atoms with van der Waals surface area (Å²) in [5, 5.41) is 2.98. The molecule has 0 bridgehead atoms. The third-order valence-electron chi connectivity index (χ3n) is 4.13. The molecule has 0 aromatic heterocycles. The zero-order valence-electron chi connectivity index (χ0n) is 12.0. The van der Waals surface area contributed by atoms with Crippen LogP contribution in [-0.4, -0.2) is 11.8 Å². The SMILES string of the molecule is O=C(CCC1CCCCC1)Nc1ccc(CCCl)cc1. The van der Waals surface area contributed by atoms with Crippen LogP contribution in [0.5, 0.6) is 0 Å². The highest BCUT2D eigenvalue weighted by atomic mass is 35.5. The van der Waals surface area contributed by atoms with Gasteiger partial charge in [-0.15, -0.1) is 11.6 Å². The highest BCUT2D eigenvalue weighted by molar-refractivity contribution is 6.17. The molecule has 1 amide bonds. The van der Waals surface area contributed by atoms with E-state index in [-0.39, 0.29) is 5.91 Å². The maximum Gasteiger partial charge on any atom is 0.224 e. The number of alkyl halides is 1. The van der Waals surface area contributed by atoms with Crippen LogP contribution in [0.2, 0.25) is 0 Å². The Morgan fingerprint density at radius 3 is 2.50 bits per heavy atom. The monoisotopic (exact) mass is 293 g/mol. The summed E-state index contributed by atoms with van der Waals surface area (Å²) >= 11 is 5.71. The molecule has 110 valence electrons. The molecule has 1 aliphatic carbocycles. The van der Waals surface area contributed by atoms with E-state index in [1.54, 1.807) is 0 Å². The van der Waals surface area contributed by atoms with E-state index in [9.17, 15) is 4.79 Å². The number of halogens is 1. The van der Waals surface area contributed by atoms with Gasteiger partial charge in [0.15, 0.2) is 0 Å². The first-order chi connectivity index (χ1) is 9.78. The summed E-state index contributed by atoms with van der Waals surface area (Å²) in [6, 6.07) is 7.97. The number of hydrogen-bond acceptors (Lipinski definition) is 1. The van der Waals surface area contributed by atoms with Gasteiger partial charge in [-0.2, -0.15) is 0 Å². The number of rotatable bonds is 6. The maximum absolute atomic E-state index is 11.9. The number of nitrogens with one attached hydrogen (secondary N) is 1. The summed E-state index contributed by atoms with van der Waals surface area (Å²) in [5.41, 5.74) is 2.09. The quantitative estimate of drug-likeness (QED) is 0.752. The van der Waals surface area contributed by atoms with E-state index in [1.165, 1.54) is 37.7 Å². The van der Waals surface area contributed by atoms with E-state index < -0.39 is 0 Å². The molecule has 0 heterocycles. The van der Waals surface area contributed by atoms with Crippen molar-refractivity contribution < 1.29 is 4.79 Å². The zero-order valence-corrected chi connectivity index (χ0v) is 12.8. The lowest BCUT2D eigenvalue weighted by Crippen LogP contribution is -2.14. The molecule has 0 unspecified atom stereocenters. The molecule has 2 rings (SSSR count). The van der Waals surface area contributed by atoms with Crippen molar-refractivity contribution in [3.8, 4) is 0 Å². The standard InChI is InChI=1S/C17H24ClNO/c18-13-12-15-6-9-16(10-7-15)19-17(20)11-8-14-4-2-1-3-5-14/h6-7,9-10,14H,1-5,8,11-13H2,(H,19,20). The van der Waals surface area contributed by atoms with Gasteiger partial charge in [-0.3, -0.25) is 4.79 Å². The second kappa shape index (κ2) is 8.31. The topological polar surface area (TPSA) is 29.1 Å². The highest BCUT2D eigenvalue weighted by Crippen LogP contribution is 2.27. The molecule has 1 aromatic rings. The summed E-state index contributed by atoms with van der Waals surface area (Å²) in [5.74, 6) is 1.54. The van der Waals surface area contributed by atoms with Crippen molar-refractivity contribution in [1.29, 1.82) is 0 Å². The van der Waals surface area contributed by atoms with E-state index >= 15 is 0 Å². The number of benzene rings is 1. The largest absolute Gasteiger partial charge is 0.326 e. The van der Waals surface area contributed by atoms with Crippen LogP contribution in [0.1, 0.15) is 50.5 Å². The van der Waals surface area contributed by atoms with Crippen molar-refractivity contribution in [3.05, 3.63) is 29.8 Å². The Morgan fingerprint density at radius 1 is 1.15 bits per heavy atom. The van der Waals surface area contributed by atoms with Crippen LogP contribution in [0.3, 0.4) is 0 Å². The normalized spacial score (nSPS) is 16.1. The lowest BCUT2D eigenvalue weighted by Gasteiger charge is -2.21. The summed E-state index contributed by atoms with van der Waals surface area (Å²) in [6.07, 6.45) is 9.22. The number of amides is 1. The molecular formula is C17H24ClNO. The molecule has 1 aliphatic rings. The minimum atomic E-state index is 0.140. The van der Waals surface area contributed by atoms with Crippen LogP contribution in [0.4, 0.5) is 5.69 Å². The predicted molar refractivity (Wildman–Crippen MR) is 85.3 cm³/mol. The van der Waals surface area contributed by atoms with Gasteiger partial charge >= 0.3 is 0 Å². The minimum Gasteiger partial charge on any atom is -0.326 e. The average molecular weight is 294 g/mol. The van der Waals surface area contributed by atoms with Crippen molar-refractivity contribution in [2.45, 2.75) is 51.4 Å². The first-order valence-electron chi connectivity index (χ1n) is 7.72. The van der Waals surface area contributed by atoms with E-state index in [4.69, 9.17) is 11.6 Å². The zero-order chi connectivity index (χ0) is 14.2. The fourth-order valence-corrected chi connectivity index (χ4v) is 3.12. The summed E-state index contributed by atoms with van der Waals surface area (Å²) in [6.45, 7) is 0. The third-order valence-corrected chi connectivity index (χ3v) is 4.31. The molecule has 1 aromatic carbocycles. The second-order valence-electron chi connectivity index (χ2n) is 5.73. The molecule has 1 saturated carbocycles. The Hall–Kier alpha value is -1.02. The van der Waals surface area contributed by atoms with E-state index in [0.717, 1.165) is 24.4 Å². The number of anilines is 1. The van der Waals surface area contributed by atoms with Gasteiger partial charge in [-0.05, 0) is 36.5 Å². The van der Waals surface area contributed by atoms with E-state index in [1.807, 2.05) is 24.3 Å². The van der Waals surface area contributed by atoms with Crippen LogP contribution in [0, 0.1) is 5.92 Å². The Morgan fingerprint density at radius 2 is 1.85 bits per heavy atom.